The molecule has 2 amide bonds. The molecular formula is C25H33N3O4S. The zero-order valence-electron chi connectivity index (χ0n) is 19.2. The second kappa shape index (κ2) is 11.5. The predicted octanol–water partition coefficient (Wildman–Crippen LogP) is 4.47. The van der Waals surface area contributed by atoms with Crippen LogP contribution in [0.3, 0.4) is 0 Å². The van der Waals surface area contributed by atoms with E-state index in [1.807, 2.05) is 24.3 Å². The third-order valence-electron chi connectivity index (χ3n) is 6.59. The van der Waals surface area contributed by atoms with Crippen LogP contribution in [0.15, 0.2) is 29.6 Å². The molecule has 4 rings (SSSR count). The quantitative estimate of drug-likeness (QED) is 0.593. The van der Waals surface area contributed by atoms with Gasteiger partial charge in [-0.25, -0.2) is 4.98 Å². The molecule has 1 heterocycles. The summed E-state index contributed by atoms with van der Waals surface area (Å²) >= 11 is 1.41. The number of nitrogens with zero attached hydrogens (tertiary/aromatic N) is 1. The number of rotatable bonds is 8. The number of carbonyl (C=O) groups is 2. The van der Waals surface area contributed by atoms with Gasteiger partial charge in [0.05, 0.1) is 7.11 Å². The van der Waals surface area contributed by atoms with Crippen molar-refractivity contribution in [3.63, 3.8) is 0 Å². The number of methoxy groups -OCH3 is 1. The van der Waals surface area contributed by atoms with E-state index in [1.54, 1.807) is 12.5 Å². The SMILES string of the molecule is COc1ccccc1OCc1nc(C(=O)NC2CCC(NC(=O)C3CCCCC3)CC2)cs1. The summed E-state index contributed by atoms with van der Waals surface area (Å²) in [5, 5.41) is 8.86. The smallest absolute Gasteiger partial charge is 0.270 e. The molecule has 33 heavy (non-hydrogen) atoms. The molecule has 0 spiro atoms. The zero-order chi connectivity index (χ0) is 23.0. The molecule has 0 saturated heterocycles. The van der Waals surface area contributed by atoms with Gasteiger partial charge in [0.1, 0.15) is 17.3 Å². The summed E-state index contributed by atoms with van der Waals surface area (Å²) in [6.07, 6.45) is 9.18. The van der Waals surface area contributed by atoms with Gasteiger partial charge >= 0.3 is 0 Å². The van der Waals surface area contributed by atoms with E-state index in [1.165, 1.54) is 30.6 Å². The fourth-order valence-electron chi connectivity index (χ4n) is 4.68. The van der Waals surface area contributed by atoms with Crippen LogP contribution in [0, 0.1) is 5.92 Å². The van der Waals surface area contributed by atoms with Crippen LogP contribution in [-0.4, -0.2) is 36.0 Å². The van der Waals surface area contributed by atoms with E-state index in [4.69, 9.17) is 9.47 Å². The van der Waals surface area contributed by atoms with Crippen molar-refractivity contribution in [1.82, 2.24) is 15.6 Å². The second-order valence-electron chi connectivity index (χ2n) is 8.93. The van der Waals surface area contributed by atoms with Gasteiger partial charge in [0.15, 0.2) is 11.5 Å². The van der Waals surface area contributed by atoms with Gasteiger partial charge in [0.2, 0.25) is 5.91 Å². The van der Waals surface area contributed by atoms with Crippen molar-refractivity contribution in [3.05, 3.63) is 40.3 Å². The molecule has 7 nitrogen and oxygen atoms in total. The van der Waals surface area contributed by atoms with E-state index in [0.717, 1.165) is 43.5 Å². The lowest BCUT2D eigenvalue weighted by molar-refractivity contribution is -0.126. The Labute approximate surface area is 199 Å². The topological polar surface area (TPSA) is 89.6 Å². The maximum atomic E-state index is 12.7. The van der Waals surface area contributed by atoms with Gasteiger partial charge in [0, 0.05) is 23.4 Å². The highest BCUT2D eigenvalue weighted by Gasteiger charge is 2.27. The number of ether oxygens (including phenoxy) is 2. The lowest BCUT2D eigenvalue weighted by atomic mass is 9.87. The van der Waals surface area contributed by atoms with Gasteiger partial charge in [-0.1, -0.05) is 31.4 Å². The Morgan fingerprint density at radius 3 is 2.33 bits per heavy atom. The van der Waals surface area contributed by atoms with Gasteiger partial charge in [-0.05, 0) is 50.7 Å². The second-order valence-corrected chi connectivity index (χ2v) is 9.87. The van der Waals surface area contributed by atoms with Crippen molar-refractivity contribution >= 4 is 23.2 Å². The highest BCUT2D eigenvalue weighted by atomic mass is 32.1. The van der Waals surface area contributed by atoms with Crippen LogP contribution in [0.25, 0.3) is 0 Å². The maximum Gasteiger partial charge on any atom is 0.270 e. The Balaban J connectivity index is 1.20. The lowest BCUT2D eigenvalue weighted by Crippen LogP contribution is -2.45. The zero-order valence-corrected chi connectivity index (χ0v) is 20.0. The first-order valence-corrected chi connectivity index (χ1v) is 12.8. The van der Waals surface area contributed by atoms with Crippen molar-refractivity contribution in [1.29, 1.82) is 0 Å². The standard InChI is InChI=1S/C25H33N3O4S/c1-31-21-9-5-6-10-22(21)32-15-23-28-20(16-33-23)25(30)27-19-13-11-18(12-14-19)26-24(29)17-7-3-2-4-8-17/h5-6,9-10,16-19H,2-4,7-8,11-15H2,1H3,(H,26,29)(H,27,30). The first kappa shape index (κ1) is 23.5. The van der Waals surface area contributed by atoms with Crippen LogP contribution < -0.4 is 20.1 Å². The summed E-state index contributed by atoms with van der Waals surface area (Å²) in [5.74, 6) is 1.59. The van der Waals surface area contributed by atoms with Crippen LogP contribution in [0.1, 0.15) is 73.3 Å². The van der Waals surface area contributed by atoms with Crippen LogP contribution in [-0.2, 0) is 11.4 Å². The average molecular weight is 472 g/mol. The molecule has 0 aliphatic heterocycles. The minimum atomic E-state index is -0.149. The molecule has 1 aromatic carbocycles. The predicted molar refractivity (Wildman–Crippen MR) is 128 cm³/mol. The van der Waals surface area contributed by atoms with Crippen LogP contribution in [0.2, 0.25) is 0 Å². The average Bonchev–Trinajstić information content (AvgIpc) is 3.34. The number of para-hydroxylation sites is 2. The van der Waals surface area contributed by atoms with Gasteiger partial charge in [0.25, 0.3) is 5.91 Å². The normalized spacial score (nSPS) is 21.2. The first-order valence-electron chi connectivity index (χ1n) is 11.9. The molecule has 2 aliphatic carbocycles. The summed E-state index contributed by atoms with van der Waals surface area (Å²) in [6, 6.07) is 7.80. The third-order valence-corrected chi connectivity index (χ3v) is 7.41. The molecule has 2 aliphatic rings. The summed E-state index contributed by atoms with van der Waals surface area (Å²) in [5.41, 5.74) is 0.423. The van der Waals surface area contributed by atoms with E-state index in [-0.39, 0.29) is 36.4 Å². The number of amides is 2. The molecule has 2 aromatic rings. The first-order chi connectivity index (χ1) is 16.1. The molecule has 1 aromatic heterocycles. The minimum absolute atomic E-state index is 0.121. The van der Waals surface area contributed by atoms with E-state index in [9.17, 15) is 9.59 Å². The molecule has 0 radical (unpaired) electrons. The Morgan fingerprint density at radius 1 is 0.970 bits per heavy atom. The fraction of sp³-hybridized carbons (Fsp3) is 0.560. The monoisotopic (exact) mass is 471 g/mol. The van der Waals surface area contributed by atoms with Gasteiger partial charge in [-0.3, -0.25) is 9.59 Å². The maximum absolute atomic E-state index is 12.7. The van der Waals surface area contributed by atoms with Crippen molar-refractivity contribution in [3.8, 4) is 11.5 Å². The van der Waals surface area contributed by atoms with Crippen LogP contribution in [0.4, 0.5) is 0 Å². The lowest BCUT2D eigenvalue weighted by Gasteiger charge is -2.31. The van der Waals surface area contributed by atoms with Crippen molar-refractivity contribution in [2.45, 2.75) is 76.5 Å². The van der Waals surface area contributed by atoms with E-state index in [0.29, 0.717) is 17.2 Å². The Hall–Kier alpha value is -2.61. The number of nitrogens with one attached hydrogen (secondary N) is 2. The largest absolute Gasteiger partial charge is 0.493 e. The van der Waals surface area contributed by atoms with Crippen molar-refractivity contribution in [2.75, 3.05) is 7.11 Å². The molecule has 2 fully saturated rings. The number of carbonyl (C=O) groups excluding carboxylic acids is 2. The fourth-order valence-corrected chi connectivity index (χ4v) is 5.37. The highest BCUT2D eigenvalue weighted by Crippen LogP contribution is 2.27. The van der Waals surface area contributed by atoms with Gasteiger partial charge < -0.3 is 20.1 Å². The van der Waals surface area contributed by atoms with E-state index in [2.05, 4.69) is 15.6 Å². The molecular weight excluding hydrogens is 438 g/mol. The number of hydrogen-bond acceptors (Lipinski definition) is 6. The molecule has 0 atom stereocenters. The van der Waals surface area contributed by atoms with Gasteiger partial charge in [-0.15, -0.1) is 11.3 Å². The van der Waals surface area contributed by atoms with Crippen LogP contribution >= 0.6 is 11.3 Å². The summed E-state index contributed by atoms with van der Waals surface area (Å²) < 4.78 is 11.1. The number of thiazole rings is 1. The van der Waals surface area contributed by atoms with E-state index >= 15 is 0 Å². The highest BCUT2D eigenvalue weighted by molar-refractivity contribution is 7.09. The molecule has 178 valence electrons. The molecule has 0 bridgehead atoms. The van der Waals surface area contributed by atoms with Crippen LogP contribution in [0.5, 0.6) is 11.5 Å². The Bertz CT molecular complexity index is 933. The van der Waals surface area contributed by atoms with Gasteiger partial charge in [-0.2, -0.15) is 0 Å². The Kier molecular flexibility index (Phi) is 8.20. The van der Waals surface area contributed by atoms with Crippen molar-refractivity contribution < 1.29 is 19.1 Å². The van der Waals surface area contributed by atoms with Crippen molar-refractivity contribution in [2.24, 2.45) is 5.92 Å². The third kappa shape index (κ3) is 6.47. The number of aromatic nitrogens is 1. The molecule has 8 heteroatoms. The number of benzene rings is 1. The van der Waals surface area contributed by atoms with E-state index < -0.39 is 0 Å². The molecule has 2 saturated carbocycles. The minimum Gasteiger partial charge on any atom is -0.493 e. The molecule has 2 N–H and O–H groups in total. The Morgan fingerprint density at radius 2 is 1.64 bits per heavy atom. The summed E-state index contributed by atoms with van der Waals surface area (Å²) in [7, 11) is 1.60. The molecule has 0 unspecified atom stereocenters. The summed E-state index contributed by atoms with van der Waals surface area (Å²) in [4.78, 5) is 29.6. The summed E-state index contributed by atoms with van der Waals surface area (Å²) in [6.45, 7) is 0.282. The number of hydrogen-bond donors (Lipinski definition) is 2.